The third kappa shape index (κ3) is 3.96. The van der Waals surface area contributed by atoms with E-state index in [9.17, 15) is 17.6 Å². The molecule has 0 saturated carbocycles. The SMILES string of the molecule is COc1ccc(S(=O)(=O)N2CCN(C(=O)c3ccc(F)cc3)CC2)cc1C. The van der Waals surface area contributed by atoms with Crippen molar-refractivity contribution in [1.82, 2.24) is 9.21 Å². The zero-order valence-corrected chi connectivity index (χ0v) is 16.0. The normalized spacial score (nSPS) is 15.6. The Kier molecular flexibility index (Phi) is 5.48. The van der Waals surface area contributed by atoms with Gasteiger partial charge in [-0.25, -0.2) is 12.8 Å². The zero-order valence-electron chi connectivity index (χ0n) is 15.2. The maximum Gasteiger partial charge on any atom is 0.253 e. The first-order chi connectivity index (χ1) is 12.8. The molecule has 0 radical (unpaired) electrons. The fourth-order valence-electron chi connectivity index (χ4n) is 3.07. The average molecular weight is 392 g/mol. The van der Waals surface area contributed by atoms with Crippen molar-refractivity contribution >= 4 is 15.9 Å². The summed E-state index contributed by atoms with van der Waals surface area (Å²) in [6.07, 6.45) is 0. The highest BCUT2D eigenvalue weighted by molar-refractivity contribution is 7.89. The molecule has 2 aromatic rings. The van der Waals surface area contributed by atoms with Crippen LogP contribution in [0.5, 0.6) is 5.75 Å². The Bertz CT molecular complexity index is 937. The lowest BCUT2D eigenvalue weighted by Crippen LogP contribution is -2.50. The molecular formula is C19H21FN2O4S. The van der Waals surface area contributed by atoms with Crippen LogP contribution in [0.3, 0.4) is 0 Å². The number of benzene rings is 2. The molecule has 0 aliphatic carbocycles. The number of hydrogen-bond acceptors (Lipinski definition) is 4. The molecule has 1 amide bonds. The van der Waals surface area contributed by atoms with Crippen molar-refractivity contribution in [3.63, 3.8) is 0 Å². The number of amides is 1. The van der Waals surface area contributed by atoms with Gasteiger partial charge in [0.1, 0.15) is 11.6 Å². The van der Waals surface area contributed by atoms with E-state index in [0.717, 1.165) is 5.56 Å². The molecule has 2 aromatic carbocycles. The molecule has 3 rings (SSSR count). The number of carbonyl (C=O) groups is 1. The van der Waals surface area contributed by atoms with Crippen molar-refractivity contribution in [2.24, 2.45) is 0 Å². The van der Waals surface area contributed by atoms with Gasteiger partial charge in [0.15, 0.2) is 0 Å². The molecule has 1 saturated heterocycles. The summed E-state index contributed by atoms with van der Waals surface area (Å²) in [5, 5.41) is 0. The Morgan fingerprint density at radius 1 is 1.04 bits per heavy atom. The molecule has 1 aliphatic rings. The number of methoxy groups -OCH3 is 1. The lowest BCUT2D eigenvalue weighted by atomic mass is 10.2. The first-order valence-corrected chi connectivity index (χ1v) is 9.96. The molecule has 0 aromatic heterocycles. The summed E-state index contributed by atoms with van der Waals surface area (Å²) >= 11 is 0. The summed E-state index contributed by atoms with van der Waals surface area (Å²) < 4.78 is 45.3. The van der Waals surface area contributed by atoms with Crippen molar-refractivity contribution in [1.29, 1.82) is 0 Å². The molecule has 144 valence electrons. The molecule has 0 unspecified atom stereocenters. The van der Waals surface area contributed by atoms with Crippen LogP contribution in [0.1, 0.15) is 15.9 Å². The van der Waals surface area contributed by atoms with Crippen LogP contribution in [0.4, 0.5) is 4.39 Å². The van der Waals surface area contributed by atoms with Gasteiger partial charge in [-0.05, 0) is 55.0 Å². The average Bonchev–Trinajstić information content (AvgIpc) is 2.68. The van der Waals surface area contributed by atoms with Crippen LogP contribution >= 0.6 is 0 Å². The quantitative estimate of drug-likeness (QED) is 0.801. The standard InChI is InChI=1S/C19H21FN2O4S/c1-14-13-17(7-8-18(14)26-2)27(24,25)22-11-9-21(10-12-22)19(23)15-3-5-16(20)6-4-15/h3-8,13H,9-12H2,1-2H3. The molecule has 8 heteroatoms. The molecule has 6 nitrogen and oxygen atoms in total. The molecule has 0 bridgehead atoms. The third-order valence-corrected chi connectivity index (χ3v) is 6.52. The van der Waals surface area contributed by atoms with Crippen LogP contribution in [0.2, 0.25) is 0 Å². The highest BCUT2D eigenvalue weighted by Crippen LogP contribution is 2.24. The lowest BCUT2D eigenvalue weighted by molar-refractivity contribution is 0.0698. The van der Waals surface area contributed by atoms with Crippen LogP contribution in [-0.2, 0) is 10.0 Å². The van der Waals surface area contributed by atoms with E-state index in [1.165, 1.54) is 41.7 Å². The predicted molar refractivity (Wildman–Crippen MR) is 98.8 cm³/mol. The number of rotatable bonds is 4. The van der Waals surface area contributed by atoms with Crippen LogP contribution in [0.25, 0.3) is 0 Å². The van der Waals surface area contributed by atoms with Gasteiger partial charge in [-0.1, -0.05) is 0 Å². The van der Waals surface area contributed by atoms with Gasteiger partial charge < -0.3 is 9.64 Å². The Labute approximate surface area is 158 Å². The monoisotopic (exact) mass is 392 g/mol. The van der Waals surface area contributed by atoms with E-state index in [1.807, 2.05) is 0 Å². The van der Waals surface area contributed by atoms with E-state index in [4.69, 9.17) is 4.74 Å². The molecule has 1 fully saturated rings. The summed E-state index contributed by atoms with van der Waals surface area (Å²) in [7, 11) is -2.10. The van der Waals surface area contributed by atoms with Gasteiger partial charge in [0.25, 0.3) is 5.91 Å². The highest BCUT2D eigenvalue weighted by Gasteiger charge is 2.30. The fourth-order valence-corrected chi connectivity index (χ4v) is 4.57. The van der Waals surface area contributed by atoms with Crippen molar-refractivity contribution < 1.29 is 22.3 Å². The second-order valence-electron chi connectivity index (χ2n) is 6.33. The van der Waals surface area contributed by atoms with Crippen LogP contribution in [0, 0.1) is 12.7 Å². The number of carbonyl (C=O) groups excluding carboxylic acids is 1. The van der Waals surface area contributed by atoms with Crippen LogP contribution in [0.15, 0.2) is 47.4 Å². The molecule has 1 aliphatic heterocycles. The summed E-state index contributed by atoms with van der Waals surface area (Å²) in [4.78, 5) is 14.3. The van der Waals surface area contributed by atoms with E-state index < -0.39 is 15.8 Å². The van der Waals surface area contributed by atoms with E-state index in [2.05, 4.69) is 0 Å². The summed E-state index contributed by atoms with van der Waals surface area (Å²) in [6, 6.07) is 10.1. The molecule has 0 spiro atoms. The van der Waals surface area contributed by atoms with Crippen molar-refractivity contribution in [2.75, 3.05) is 33.3 Å². The Hall–Kier alpha value is -2.45. The minimum absolute atomic E-state index is 0.208. The predicted octanol–water partition coefficient (Wildman–Crippen LogP) is 2.29. The molecule has 27 heavy (non-hydrogen) atoms. The number of aryl methyl sites for hydroxylation is 1. The third-order valence-electron chi connectivity index (χ3n) is 4.62. The van der Waals surface area contributed by atoms with E-state index >= 15 is 0 Å². The Balaban J connectivity index is 1.70. The maximum atomic E-state index is 13.0. The maximum absolute atomic E-state index is 13.0. The summed E-state index contributed by atoms with van der Waals surface area (Å²) in [5.41, 5.74) is 1.13. The fraction of sp³-hybridized carbons (Fsp3) is 0.316. The minimum Gasteiger partial charge on any atom is -0.496 e. The van der Waals surface area contributed by atoms with E-state index in [0.29, 0.717) is 11.3 Å². The number of hydrogen-bond donors (Lipinski definition) is 0. The first kappa shape index (κ1) is 19.3. The van der Waals surface area contributed by atoms with E-state index in [-0.39, 0.29) is 37.0 Å². The smallest absolute Gasteiger partial charge is 0.253 e. The van der Waals surface area contributed by atoms with Crippen molar-refractivity contribution in [3.05, 3.63) is 59.4 Å². The largest absolute Gasteiger partial charge is 0.496 e. The first-order valence-electron chi connectivity index (χ1n) is 8.52. The Morgan fingerprint density at radius 3 is 2.22 bits per heavy atom. The van der Waals surface area contributed by atoms with Gasteiger partial charge in [-0.15, -0.1) is 0 Å². The van der Waals surface area contributed by atoms with E-state index in [1.54, 1.807) is 24.0 Å². The minimum atomic E-state index is -3.64. The number of sulfonamides is 1. The Morgan fingerprint density at radius 2 is 1.67 bits per heavy atom. The summed E-state index contributed by atoms with van der Waals surface area (Å²) in [5.74, 6) is -0.00625. The van der Waals surface area contributed by atoms with Crippen molar-refractivity contribution in [3.8, 4) is 5.75 Å². The van der Waals surface area contributed by atoms with Gasteiger partial charge in [0.2, 0.25) is 10.0 Å². The number of piperazine rings is 1. The number of nitrogens with zero attached hydrogens (tertiary/aromatic N) is 2. The zero-order chi connectivity index (χ0) is 19.6. The molecule has 0 N–H and O–H groups in total. The van der Waals surface area contributed by atoms with Crippen LogP contribution < -0.4 is 4.74 Å². The second kappa shape index (κ2) is 7.66. The summed E-state index contributed by atoms with van der Waals surface area (Å²) in [6.45, 7) is 2.77. The number of ether oxygens (including phenoxy) is 1. The van der Waals surface area contributed by atoms with Gasteiger partial charge in [0, 0.05) is 31.7 Å². The highest BCUT2D eigenvalue weighted by atomic mass is 32.2. The number of halogens is 1. The molecular weight excluding hydrogens is 371 g/mol. The molecule has 1 heterocycles. The van der Waals surface area contributed by atoms with Crippen LogP contribution in [-0.4, -0.2) is 56.8 Å². The van der Waals surface area contributed by atoms with Gasteiger partial charge in [-0.3, -0.25) is 4.79 Å². The van der Waals surface area contributed by atoms with Gasteiger partial charge in [-0.2, -0.15) is 4.31 Å². The lowest BCUT2D eigenvalue weighted by Gasteiger charge is -2.34. The molecule has 0 atom stereocenters. The van der Waals surface area contributed by atoms with Gasteiger partial charge in [0.05, 0.1) is 12.0 Å². The second-order valence-corrected chi connectivity index (χ2v) is 8.27. The van der Waals surface area contributed by atoms with Gasteiger partial charge >= 0.3 is 0 Å². The van der Waals surface area contributed by atoms with Crippen molar-refractivity contribution in [2.45, 2.75) is 11.8 Å². The topological polar surface area (TPSA) is 66.9 Å².